The average molecular weight is 629 g/mol. The first-order valence-corrected chi connectivity index (χ1v) is 18.7. The molecule has 0 radical (unpaired) electrons. The molecule has 0 saturated heterocycles. The van der Waals surface area contributed by atoms with Crippen LogP contribution in [0, 0.1) is 0 Å². The van der Waals surface area contributed by atoms with Gasteiger partial charge in [-0.3, -0.25) is 0 Å². The van der Waals surface area contributed by atoms with Gasteiger partial charge in [-0.2, -0.15) is 0 Å². The highest BCUT2D eigenvalue weighted by Crippen LogP contribution is 2.37. The number of carbonyl (C=O) groups excluding carboxylic acids is 1. The Bertz CT molecular complexity index is 1610. The zero-order valence-corrected chi connectivity index (χ0v) is 28.4. The Morgan fingerprint density at radius 2 is 1.13 bits per heavy atom. The van der Waals surface area contributed by atoms with E-state index in [0.29, 0.717) is 5.56 Å². The van der Waals surface area contributed by atoms with Gasteiger partial charge in [0.25, 0.3) is 8.32 Å². The van der Waals surface area contributed by atoms with Gasteiger partial charge in [0, 0.05) is 0 Å². The molecule has 5 aromatic rings. The minimum absolute atomic E-state index is 0.187. The molecular formula is C40H41O3PSi. The number of hydrogen-bond acceptors (Lipinski definition) is 3. The summed E-state index contributed by atoms with van der Waals surface area (Å²) >= 11 is 0. The van der Waals surface area contributed by atoms with E-state index in [9.17, 15) is 4.79 Å². The first kappa shape index (κ1) is 32.3. The monoisotopic (exact) mass is 628 g/mol. The molecule has 0 aliphatic heterocycles. The van der Waals surface area contributed by atoms with Crippen LogP contribution in [-0.4, -0.2) is 27.0 Å². The second-order valence-corrected chi connectivity index (χ2v) is 18.5. The summed E-state index contributed by atoms with van der Waals surface area (Å²) in [7, 11) is -3.79. The molecule has 228 valence electrons. The highest BCUT2D eigenvalue weighted by Gasteiger charge is 2.50. The molecule has 0 heterocycles. The number of carbonyl (C=O) groups is 1. The quantitative estimate of drug-likeness (QED) is 0.0676. The van der Waals surface area contributed by atoms with Gasteiger partial charge in [0.2, 0.25) is 0 Å². The number of allylic oxidation sites excluding steroid dienone is 1. The predicted octanol–water partition coefficient (Wildman–Crippen LogP) is 7.12. The van der Waals surface area contributed by atoms with Crippen LogP contribution in [0.2, 0.25) is 5.04 Å². The van der Waals surface area contributed by atoms with E-state index in [4.69, 9.17) is 9.16 Å². The fraction of sp³-hybridized carbons (Fsp3) is 0.175. The molecule has 0 fully saturated rings. The SMILES string of the molecule is CC=C[C@H](CO[Si](c1ccccc1)(c1ccccc1)C(C)(C)C)OC(=O)c1ccccc1P(c1ccccc1)c1ccccc1. The van der Waals surface area contributed by atoms with Crippen molar-refractivity contribution in [1.82, 2.24) is 0 Å². The number of hydrogen-bond donors (Lipinski definition) is 0. The van der Waals surface area contributed by atoms with Gasteiger partial charge in [0.15, 0.2) is 0 Å². The Labute approximate surface area is 270 Å². The predicted molar refractivity (Wildman–Crippen MR) is 193 cm³/mol. The molecule has 0 amide bonds. The van der Waals surface area contributed by atoms with E-state index < -0.39 is 22.3 Å². The van der Waals surface area contributed by atoms with Crippen LogP contribution >= 0.6 is 7.92 Å². The van der Waals surface area contributed by atoms with Crippen LogP contribution in [0.1, 0.15) is 38.1 Å². The zero-order chi connectivity index (χ0) is 31.7. The van der Waals surface area contributed by atoms with Gasteiger partial charge in [-0.25, -0.2) is 4.79 Å². The molecule has 1 atom stereocenters. The third kappa shape index (κ3) is 7.26. The Hall–Kier alpha value is -4.08. The van der Waals surface area contributed by atoms with E-state index >= 15 is 0 Å². The van der Waals surface area contributed by atoms with Crippen LogP contribution in [-0.2, 0) is 9.16 Å². The summed E-state index contributed by atoms with van der Waals surface area (Å²) in [5.74, 6) is -0.348. The van der Waals surface area contributed by atoms with Gasteiger partial charge in [-0.1, -0.05) is 166 Å². The van der Waals surface area contributed by atoms with Gasteiger partial charge in [0.1, 0.15) is 6.10 Å². The van der Waals surface area contributed by atoms with Crippen LogP contribution in [0.3, 0.4) is 0 Å². The molecule has 0 saturated carbocycles. The lowest BCUT2D eigenvalue weighted by atomic mass is 10.2. The molecule has 0 aliphatic rings. The molecule has 0 bridgehead atoms. The van der Waals surface area contributed by atoms with E-state index in [2.05, 4.69) is 124 Å². The highest BCUT2D eigenvalue weighted by molar-refractivity contribution is 7.80. The van der Waals surface area contributed by atoms with Crippen molar-refractivity contribution in [2.75, 3.05) is 6.61 Å². The molecule has 45 heavy (non-hydrogen) atoms. The number of rotatable bonds is 11. The summed E-state index contributed by atoms with van der Waals surface area (Å²) in [6.07, 6.45) is 3.30. The Morgan fingerprint density at radius 1 is 0.689 bits per heavy atom. The molecule has 3 nitrogen and oxygen atoms in total. The summed E-state index contributed by atoms with van der Waals surface area (Å²) in [4.78, 5) is 14.1. The summed E-state index contributed by atoms with van der Waals surface area (Å²) in [5, 5.41) is 5.53. The third-order valence-corrected chi connectivity index (χ3v) is 15.4. The van der Waals surface area contributed by atoms with E-state index in [1.54, 1.807) is 0 Å². The second-order valence-electron chi connectivity index (χ2n) is 12.0. The summed E-state index contributed by atoms with van der Waals surface area (Å²) in [6.45, 7) is 8.95. The topological polar surface area (TPSA) is 35.5 Å². The van der Waals surface area contributed by atoms with Gasteiger partial charge < -0.3 is 9.16 Å². The van der Waals surface area contributed by atoms with Gasteiger partial charge in [-0.05, 0) is 58.3 Å². The van der Waals surface area contributed by atoms with Crippen LogP contribution in [0.25, 0.3) is 0 Å². The fourth-order valence-electron chi connectivity index (χ4n) is 5.94. The fourth-order valence-corrected chi connectivity index (χ4v) is 12.9. The number of ether oxygens (including phenoxy) is 1. The van der Waals surface area contributed by atoms with Crippen LogP contribution < -0.4 is 26.3 Å². The van der Waals surface area contributed by atoms with E-state index in [1.807, 2.05) is 61.5 Å². The van der Waals surface area contributed by atoms with Crippen molar-refractivity contribution in [3.05, 3.63) is 163 Å². The average Bonchev–Trinajstić information content (AvgIpc) is 3.07. The molecule has 0 aliphatic carbocycles. The van der Waals surface area contributed by atoms with E-state index in [0.717, 1.165) is 5.30 Å². The molecule has 0 spiro atoms. The van der Waals surface area contributed by atoms with Crippen LogP contribution in [0.4, 0.5) is 0 Å². The van der Waals surface area contributed by atoms with Gasteiger partial charge in [-0.15, -0.1) is 0 Å². The lowest BCUT2D eigenvalue weighted by Gasteiger charge is -2.43. The standard InChI is InChI=1S/C40H41O3PSi/c1-5-20-32(31-42-45(40(2,3)4,35-25-14-8-15-26-35)36-27-16-9-17-28-36)43-39(41)37-29-18-19-30-38(37)44(33-21-10-6-11-22-33)34-23-12-7-13-24-34/h5-30,32H,31H2,1-4H3/t32-/m1/s1. The minimum Gasteiger partial charge on any atom is -0.452 e. The maximum atomic E-state index is 14.1. The van der Waals surface area contributed by atoms with Gasteiger partial charge in [0.05, 0.1) is 12.2 Å². The molecule has 0 unspecified atom stereocenters. The molecular weight excluding hydrogens is 587 g/mol. The van der Waals surface area contributed by atoms with Crippen molar-refractivity contribution in [2.24, 2.45) is 0 Å². The number of esters is 1. The largest absolute Gasteiger partial charge is 0.452 e. The van der Waals surface area contributed by atoms with E-state index in [1.165, 1.54) is 21.0 Å². The molecule has 5 aromatic carbocycles. The van der Waals surface area contributed by atoms with Crippen LogP contribution in [0.15, 0.2) is 158 Å². The lowest BCUT2D eigenvalue weighted by Crippen LogP contribution is -2.67. The summed E-state index contributed by atoms with van der Waals surface area (Å²) in [5.41, 5.74) is 0.580. The lowest BCUT2D eigenvalue weighted by molar-refractivity contribution is 0.0290. The van der Waals surface area contributed by atoms with Crippen LogP contribution in [0.5, 0.6) is 0 Å². The van der Waals surface area contributed by atoms with Crippen molar-refractivity contribution < 1.29 is 14.0 Å². The molecule has 0 N–H and O–H groups in total. The molecule has 5 rings (SSSR count). The van der Waals surface area contributed by atoms with Crippen molar-refractivity contribution in [3.8, 4) is 0 Å². The van der Waals surface area contributed by atoms with Gasteiger partial charge >= 0.3 is 5.97 Å². The van der Waals surface area contributed by atoms with Crippen molar-refractivity contribution in [1.29, 1.82) is 0 Å². The zero-order valence-electron chi connectivity index (χ0n) is 26.5. The summed E-state index contributed by atoms with van der Waals surface area (Å²) < 4.78 is 13.4. The third-order valence-electron chi connectivity index (χ3n) is 7.94. The second kappa shape index (κ2) is 14.8. The van der Waals surface area contributed by atoms with Crippen molar-refractivity contribution in [3.63, 3.8) is 0 Å². The maximum absolute atomic E-state index is 14.1. The normalized spacial score (nSPS) is 12.7. The Balaban J connectivity index is 1.49. The first-order chi connectivity index (χ1) is 21.8. The smallest absolute Gasteiger partial charge is 0.339 e. The highest BCUT2D eigenvalue weighted by atomic mass is 31.1. The first-order valence-electron chi connectivity index (χ1n) is 15.4. The maximum Gasteiger partial charge on any atom is 0.339 e. The van der Waals surface area contributed by atoms with E-state index in [-0.39, 0.29) is 17.6 Å². The van der Waals surface area contributed by atoms with Crippen molar-refractivity contribution >= 4 is 48.5 Å². The molecule has 5 heteroatoms. The summed E-state index contributed by atoms with van der Waals surface area (Å²) in [6, 6.07) is 49.8. The van der Waals surface area contributed by atoms with Crippen molar-refractivity contribution in [2.45, 2.75) is 38.8 Å². The Kier molecular flexibility index (Phi) is 10.6. The minimum atomic E-state index is -2.81. The Morgan fingerprint density at radius 3 is 1.60 bits per heavy atom. The molecule has 0 aromatic heterocycles. The number of benzene rings is 5.